The molecule has 4 nitrogen and oxygen atoms in total. The Labute approximate surface area is 106 Å². The van der Waals surface area contributed by atoms with Crippen molar-refractivity contribution in [1.82, 2.24) is 15.5 Å². The van der Waals surface area contributed by atoms with Crippen LogP contribution in [0.2, 0.25) is 0 Å². The van der Waals surface area contributed by atoms with Crippen LogP contribution >= 0.6 is 15.9 Å². The summed E-state index contributed by atoms with van der Waals surface area (Å²) in [6.07, 6.45) is 0. The first-order valence-corrected chi connectivity index (χ1v) is 5.88. The predicted molar refractivity (Wildman–Crippen MR) is 63.7 cm³/mol. The van der Waals surface area contributed by atoms with E-state index in [0.29, 0.717) is 24.8 Å². The first-order chi connectivity index (χ1) is 8.15. The summed E-state index contributed by atoms with van der Waals surface area (Å²) in [7, 11) is 0. The lowest BCUT2D eigenvalue weighted by atomic mass is 10.2. The molecule has 1 heterocycles. The highest BCUT2D eigenvalue weighted by atomic mass is 79.9. The molecule has 1 aromatic heterocycles. The highest BCUT2D eigenvalue weighted by Crippen LogP contribution is 2.17. The maximum atomic E-state index is 13.0. The largest absolute Gasteiger partial charge is 0.340 e. The van der Waals surface area contributed by atoms with Crippen molar-refractivity contribution < 1.29 is 8.91 Å². The number of aromatic nitrogens is 2. The lowest BCUT2D eigenvalue weighted by Crippen LogP contribution is -2.14. The maximum Gasteiger partial charge on any atom is 0.223 e. The first-order valence-electron chi connectivity index (χ1n) is 5.09. The molecule has 2 rings (SSSR count). The molecular weight excluding hydrogens is 289 g/mol. The van der Waals surface area contributed by atoms with Gasteiger partial charge in [-0.05, 0) is 23.8 Å². The molecule has 0 aliphatic rings. The van der Waals surface area contributed by atoms with Gasteiger partial charge in [-0.2, -0.15) is 4.98 Å². The smallest absolute Gasteiger partial charge is 0.223 e. The highest BCUT2D eigenvalue weighted by Gasteiger charge is 2.04. The molecule has 1 aromatic carbocycles. The van der Waals surface area contributed by atoms with Crippen molar-refractivity contribution >= 4 is 15.9 Å². The van der Waals surface area contributed by atoms with E-state index in [0.717, 1.165) is 10.0 Å². The fraction of sp³-hybridized carbons (Fsp3) is 0.273. The molecule has 90 valence electrons. The Bertz CT molecular complexity index is 515. The van der Waals surface area contributed by atoms with Gasteiger partial charge in [0.1, 0.15) is 5.82 Å². The van der Waals surface area contributed by atoms with Gasteiger partial charge in [-0.1, -0.05) is 21.1 Å². The standard InChI is InChI=1S/C11H11BrFN3O/c1-7-15-11(16-17-7)6-14-5-8-4-9(13)2-3-10(8)12/h2-4,14H,5-6H2,1H3. The van der Waals surface area contributed by atoms with Crippen LogP contribution in [-0.2, 0) is 13.1 Å². The second-order valence-electron chi connectivity index (χ2n) is 3.57. The number of halogens is 2. The zero-order valence-corrected chi connectivity index (χ0v) is 10.8. The predicted octanol–water partition coefficient (Wildman–Crippen LogP) is 2.57. The fourth-order valence-corrected chi connectivity index (χ4v) is 1.79. The van der Waals surface area contributed by atoms with Crippen molar-refractivity contribution in [3.63, 3.8) is 0 Å². The van der Waals surface area contributed by atoms with Gasteiger partial charge in [0.15, 0.2) is 5.82 Å². The minimum Gasteiger partial charge on any atom is -0.340 e. The summed E-state index contributed by atoms with van der Waals surface area (Å²) in [5, 5.41) is 6.87. The van der Waals surface area contributed by atoms with Gasteiger partial charge in [0.05, 0.1) is 6.54 Å². The molecule has 0 bridgehead atoms. The van der Waals surface area contributed by atoms with Crippen LogP contribution in [0.4, 0.5) is 4.39 Å². The van der Waals surface area contributed by atoms with Gasteiger partial charge >= 0.3 is 0 Å². The molecule has 6 heteroatoms. The number of rotatable bonds is 4. The van der Waals surface area contributed by atoms with Crippen LogP contribution in [0.5, 0.6) is 0 Å². The Morgan fingerprint density at radius 2 is 2.24 bits per heavy atom. The quantitative estimate of drug-likeness (QED) is 0.943. The Kier molecular flexibility index (Phi) is 3.86. The second-order valence-corrected chi connectivity index (χ2v) is 4.42. The molecule has 0 aliphatic carbocycles. The van der Waals surface area contributed by atoms with Crippen LogP contribution in [0.3, 0.4) is 0 Å². The third-order valence-electron chi connectivity index (χ3n) is 2.18. The van der Waals surface area contributed by atoms with Gasteiger partial charge in [-0.25, -0.2) is 4.39 Å². The average molecular weight is 300 g/mol. The van der Waals surface area contributed by atoms with Crippen molar-refractivity contribution in [2.24, 2.45) is 0 Å². The van der Waals surface area contributed by atoms with Gasteiger partial charge < -0.3 is 9.84 Å². The lowest BCUT2D eigenvalue weighted by molar-refractivity contribution is 0.385. The van der Waals surface area contributed by atoms with Gasteiger partial charge in [-0.15, -0.1) is 0 Å². The van der Waals surface area contributed by atoms with E-state index in [1.165, 1.54) is 12.1 Å². The highest BCUT2D eigenvalue weighted by molar-refractivity contribution is 9.10. The zero-order valence-electron chi connectivity index (χ0n) is 9.20. The molecular formula is C11H11BrFN3O. The van der Waals surface area contributed by atoms with Crippen LogP contribution < -0.4 is 5.32 Å². The fourth-order valence-electron chi connectivity index (χ4n) is 1.40. The molecule has 17 heavy (non-hydrogen) atoms. The van der Waals surface area contributed by atoms with Crippen LogP contribution in [-0.4, -0.2) is 10.1 Å². The number of hydrogen-bond acceptors (Lipinski definition) is 4. The first kappa shape index (κ1) is 12.2. The summed E-state index contributed by atoms with van der Waals surface area (Å²) >= 11 is 3.36. The minimum atomic E-state index is -0.250. The van der Waals surface area contributed by atoms with Crippen molar-refractivity contribution in [2.75, 3.05) is 0 Å². The number of aryl methyl sites for hydroxylation is 1. The summed E-state index contributed by atoms with van der Waals surface area (Å²) in [5.74, 6) is 0.879. The molecule has 2 aromatic rings. The van der Waals surface area contributed by atoms with Crippen molar-refractivity contribution in [2.45, 2.75) is 20.0 Å². The average Bonchev–Trinajstić information content (AvgIpc) is 2.69. The van der Waals surface area contributed by atoms with E-state index in [-0.39, 0.29) is 5.82 Å². The minimum absolute atomic E-state index is 0.250. The third-order valence-corrected chi connectivity index (χ3v) is 2.95. The van der Waals surface area contributed by atoms with E-state index in [9.17, 15) is 4.39 Å². The van der Waals surface area contributed by atoms with E-state index in [1.807, 2.05) is 0 Å². The molecule has 0 aliphatic heterocycles. The van der Waals surface area contributed by atoms with Gasteiger partial charge in [0.2, 0.25) is 5.89 Å². The van der Waals surface area contributed by atoms with Gasteiger partial charge in [0.25, 0.3) is 0 Å². The molecule has 0 amide bonds. The van der Waals surface area contributed by atoms with E-state index < -0.39 is 0 Å². The Morgan fingerprint density at radius 1 is 1.41 bits per heavy atom. The summed E-state index contributed by atoms with van der Waals surface area (Å²) < 4.78 is 18.7. The zero-order chi connectivity index (χ0) is 12.3. The normalized spacial score (nSPS) is 10.8. The van der Waals surface area contributed by atoms with Gasteiger partial charge in [-0.3, -0.25) is 0 Å². The molecule has 1 N–H and O–H groups in total. The van der Waals surface area contributed by atoms with Crippen LogP contribution in [0.25, 0.3) is 0 Å². The summed E-state index contributed by atoms with van der Waals surface area (Å²) in [4.78, 5) is 4.06. The van der Waals surface area contributed by atoms with E-state index in [4.69, 9.17) is 4.52 Å². The summed E-state index contributed by atoms with van der Waals surface area (Å²) in [5.41, 5.74) is 0.852. The Balaban J connectivity index is 1.91. The van der Waals surface area contributed by atoms with Crippen molar-refractivity contribution in [3.8, 4) is 0 Å². The number of nitrogens with zero attached hydrogens (tertiary/aromatic N) is 2. The molecule has 0 radical (unpaired) electrons. The molecule has 0 saturated carbocycles. The van der Waals surface area contributed by atoms with E-state index in [1.54, 1.807) is 13.0 Å². The second kappa shape index (κ2) is 5.37. The lowest BCUT2D eigenvalue weighted by Gasteiger charge is -2.05. The van der Waals surface area contributed by atoms with E-state index in [2.05, 4.69) is 31.4 Å². The number of hydrogen-bond donors (Lipinski definition) is 1. The van der Waals surface area contributed by atoms with Crippen LogP contribution in [0.15, 0.2) is 27.2 Å². The van der Waals surface area contributed by atoms with Crippen LogP contribution in [0.1, 0.15) is 17.3 Å². The van der Waals surface area contributed by atoms with Gasteiger partial charge in [0, 0.05) is 17.9 Å². The molecule has 0 spiro atoms. The number of nitrogens with one attached hydrogen (secondary N) is 1. The maximum absolute atomic E-state index is 13.0. The molecule has 0 fully saturated rings. The molecule has 0 unspecified atom stereocenters. The third kappa shape index (κ3) is 3.34. The number of benzene rings is 1. The molecule has 0 saturated heterocycles. The Hall–Kier alpha value is -1.27. The summed E-state index contributed by atoms with van der Waals surface area (Å²) in [6.45, 7) is 2.76. The van der Waals surface area contributed by atoms with E-state index >= 15 is 0 Å². The topological polar surface area (TPSA) is 51.0 Å². The SMILES string of the molecule is Cc1nc(CNCc2cc(F)ccc2Br)no1. The molecule has 0 atom stereocenters. The summed E-state index contributed by atoms with van der Waals surface area (Å²) in [6, 6.07) is 4.58. The van der Waals surface area contributed by atoms with Crippen molar-refractivity contribution in [3.05, 3.63) is 45.8 Å². The van der Waals surface area contributed by atoms with Crippen molar-refractivity contribution in [1.29, 1.82) is 0 Å². The monoisotopic (exact) mass is 299 g/mol. The Morgan fingerprint density at radius 3 is 2.94 bits per heavy atom. The van der Waals surface area contributed by atoms with Crippen LogP contribution in [0, 0.1) is 12.7 Å².